The summed E-state index contributed by atoms with van der Waals surface area (Å²) in [5.74, 6) is -0.296. The zero-order valence-corrected chi connectivity index (χ0v) is 16.5. The molecule has 0 aliphatic rings. The summed E-state index contributed by atoms with van der Waals surface area (Å²) < 4.78 is 15.5. The molecule has 7 nitrogen and oxygen atoms in total. The summed E-state index contributed by atoms with van der Waals surface area (Å²) >= 11 is 0. The highest BCUT2D eigenvalue weighted by Gasteiger charge is 2.12. The number of carbonyl (C=O) groups excluding carboxylic acids is 2. The second-order valence-electron chi connectivity index (χ2n) is 5.99. The Labute approximate surface area is 169 Å². The molecule has 29 heavy (non-hydrogen) atoms. The molecule has 0 heterocycles. The average molecular weight is 394 g/mol. The number of methoxy groups -OCH3 is 1. The van der Waals surface area contributed by atoms with E-state index in [0.29, 0.717) is 22.7 Å². The highest BCUT2D eigenvalue weighted by Crippen LogP contribution is 2.29. The van der Waals surface area contributed by atoms with Crippen molar-refractivity contribution in [2.45, 2.75) is 13.8 Å². The summed E-state index contributed by atoms with van der Waals surface area (Å²) in [6.45, 7) is 3.67. The van der Waals surface area contributed by atoms with Gasteiger partial charge in [-0.25, -0.2) is 4.79 Å². The van der Waals surface area contributed by atoms with Gasteiger partial charge in [0.05, 0.1) is 13.7 Å². The molecule has 0 unspecified atom stereocenters. The lowest BCUT2D eigenvalue weighted by Crippen LogP contribution is -2.15. The number of anilines is 1. The third kappa shape index (κ3) is 6.40. The minimum Gasteiger partial charge on any atom is -0.493 e. The number of aryl methyl sites for hydroxylation is 1. The number of ether oxygens (including phenoxy) is 3. The van der Waals surface area contributed by atoms with Gasteiger partial charge in [-0.05, 0) is 49.8 Å². The lowest BCUT2D eigenvalue weighted by molar-refractivity contribution is -0.145. The Hall–Kier alpha value is -3.79. The number of nitrogens with one attached hydrogen (secondary N) is 1. The van der Waals surface area contributed by atoms with Gasteiger partial charge in [0.15, 0.2) is 18.1 Å². The van der Waals surface area contributed by atoms with E-state index in [1.165, 1.54) is 13.2 Å². The molecule has 0 aliphatic carbocycles. The summed E-state index contributed by atoms with van der Waals surface area (Å²) in [5.41, 5.74) is 2.17. The van der Waals surface area contributed by atoms with Crippen molar-refractivity contribution in [1.29, 1.82) is 5.26 Å². The second-order valence-corrected chi connectivity index (χ2v) is 5.99. The summed E-state index contributed by atoms with van der Waals surface area (Å²) in [6.07, 6.45) is 1.45. The predicted octanol–water partition coefficient (Wildman–Crippen LogP) is 3.49. The van der Waals surface area contributed by atoms with Crippen LogP contribution < -0.4 is 14.8 Å². The zero-order valence-electron chi connectivity index (χ0n) is 16.5. The highest BCUT2D eigenvalue weighted by molar-refractivity contribution is 6.09. The summed E-state index contributed by atoms with van der Waals surface area (Å²) in [6, 6.07) is 14.0. The van der Waals surface area contributed by atoms with Crippen molar-refractivity contribution in [2.75, 3.05) is 25.6 Å². The first-order chi connectivity index (χ1) is 14.0. The largest absolute Gasteiger partial charge is 0.493 e. The van der Waals surface area contributed by atoms with Crippen LogP contribution in [-0.2, 0) is 14.3 Å². The number of hydrogen-bond acceptors (Lipinski definition) is 6. The van der Waals surface area contributed by atoms with E-state index >= 15 is 0 Å². The van der Waals surface area contributed by atoms with E-state index in [1.54, 1.807) is 37.3 Å². The summed E-state index contributed by atoms with van der Waals surface area (Å²) in [7, 11) is 1.45. The van der Waals surface area contributed by atoms with Gasteiger partial charge in [0.1, 0.15) is 11.6 Å². The average Bonchev–Trinajstić information content (AvgIpc) is 2.72. The molecule has 0 atom stereocenters. The molecule has 0 saturated carbocycles. The van der Waals surface area contributed by atoms with Crippen LogP contribution in [0.4, 0.5) is 5.69 Å². The minimum absolute atomic E-state index is 0.0622. The Morgan fingerprint density at radius 1 is 1.14 bits per heavy atom. The fraction of sp³-hybridized carbons (Fsp3) is 0.227. The SMILES string of the molecule is CCOC(=O)COc1ccc(/C=C(\C#N)C(=O)Nc2ccc(C)cc2)cc1OC. The van der Waals surface area contributed by atoms with E-state index in [9.17, 15) is 14.9 Å². The molecule has 1 amide bonds. The van der Waals surface area contributed by atoms with Gasteiger partial charge in [-0.2, -0.15) is 5.26 Å². The van der Waals surface area contributed by atoms with Crippen molar-refractivity contribution in [3.8, 4) is 17.6 Å². The Kier molecular flexibility index (Phi) is 7.80. The van der Waals surface area contributed by atoms with Gasteiger partial charge in [0.25, 0.3) is 5.91 Å². The first kappa shape index (κ1) is 21.5. The van der Waals surface area contributed by atoms with Crippen molar-refractivity contribution in [1.82, 2.24) is 0 Å². The Morgan fingerprint density at radius 2 is 1.86 bits per heavy atom. The van der Waals surface area contributed by atoms with Crippen LogP contribution in [0.5, 0.6) is 11.5 Å². The van der Waals surface area contributed by atoms with Crippen molar-refractivity contribution in [3.63, 3.8) is 0 Å². The van der Waals surface area contributed by atoms with Crippen LogP contribution in [0, 0.1) is 18.3 Å². The monoisotopic (exact) mass is 394 g/mol. The van der Waals surface area contributed by atoms with Gasteiger partial charge in [0.2, 0.25) is 0 Å². The van der Waals surface area contributed by atoms with Crippen LogP contribution >= 0.6 is 0 Å². The molecular weight excluding hydrogens is 372 g/mol. The van der Waals surface area contributed by atoms with Crippen molar-refractivity contribution in [3.05, 3.63) is 59.2 Å². The molecule has 0 aliphatic heterocycles. The van der Waals surface area contributed by atoms with E-state index in [2.05, 4.69) is 5.32 Å². The molecule has 1 N–H and O–H groups in total. The molecule has 0 saturated heterocycles. The van der Waals surface area contributed by atoms with Crippen molar-refractivity contribution >= 4 is 23.6 Å². The number of nitriles is 1. The standard InChI is InChI=1S/C22H22N2O5/c1-4-28-21(25)14-29-19-10-7-16(12-20(19)27-3)11-17(13-23)22(26)24-18-8-5-15(2)6-9-18/h5-12H,4,14H2,1-3H3,(H,24,26)/b17-11+. The van der Waals surface area contributed by atoms with Crippen LogP contribution in [0.15, 0.2) is 48.0 Å². The fourth-order valence-corrected chi connectivity index (χ4v) is 2.38. The number of esters is 1. The molecule has 7 heteroatoms. The van der Waals surface area contributed by atoms with Crippen molar-refractivity contribution < 1.29 is 23.8 Å². The molecule has 0 fully saturated rings. The first-order valence-corrected chi connectivity index (χ1v) is 8.93. The number of rotatable bonds is 8. The molecule has 2 rings (SSSR count). The molecular formula is C22H22N2O5. The van der Waals surface area contributed by atoms with E-state index in [1.807, 2.05) is 25.1 Å². The van der Waals surface area contributed by atoms with Gasteiger partial charge in [-0.1, -0.05) is 23.8 Å². The molecule has 0 spiro atoms. The van der Waals surface area contributed by atoms with Crippen LogP contribution in [0.25, 0.3) is 6.08 Å². The van der Waals surface area contributed by atoms with Crippen LogP contribution in [0.3, 0.4) is 0 Å². The zero-order chi connectivity index (χ0) is 21.2. The van der Waals surface area contributed by atoms with E-state index in [4.69, 9.17) is 14.2 Å². The topological polar surface area (TPSA) is 97.7 Å². The van der Waals surface area contributed by atoms with E-state index < -0.39 is 11.9 Å². The normalized spacial score (nSPS) is 10.6. The van der Waals surface area contributed by atoms with Gasteiger partial charge in [0, 0.05) is 5.69 Å². The molecule has 0 aromatic heterocycles. The Bertz CT molecular complexity index is 943. The van der Waals surface area contributed by atoms with Gasteiger partial charge in [-0.3, -0.25) is 4.79 Å². The molecule has 2 aromatic rings. The molecule has 150 valence electrons. The number of carbonyl (C=O) groups is 2. The maximum Gasteiger partial charge on any atom is 0.344 e. The van der Waals surface area contributed by atoms with E-state index in [-0.39, 0.29) is 18.8 Å². The Morgan fingerprint density at radius 3 is 2.48 bits per heavy atom. The van der Waals surface area contributed by atoms with Gasteiger partial charge < -0.3 is 19.5 Å². The first-order valence-electron chi connectivity index (χ1n) is 8.93. The minimum atomic E-state index is -0.516. The third-order valence-corrected chi connectivity index (χ3v) is 3.82. The van der Waals surface area contributed by atoms with Gasteiger partial charge in [-0.15, -0.1) is 0 Å². The summed E-state index contributed by atoms with van der Waals surface area (Å²) in [5, 5.41) is 12.1. The second kappa shape index (κ2) is 10.5. The quantitative estimate of drug-likeness (QED) is 0.418. The lowest BCUT2D eigenvalue weighted by atomic mass is 10.1. The fourth-order valence-electron chi connectivity index (χ4n) is 2.38. The molecule has 2 aromatic carbocycles. The predicted molar refractivity (Wildman–Crippen MR) is 109 cm³/mol. The Balaban J connectivity index is 2.15. The van der Waals surface area contributed by atoms with E-state index in [0.717, 1.165) is 5.56 Å². The third-order valence-electron chi connectivity index (χ3n) is 3.82. The number of benzene rings is 2. The van der Waals surface area contributed by atoms with Crippen molar-refractivity contribution in [2.24, 2.45) is 0 Å². The summed E-state index contributed by atoms with van der Waals surface area (Å²) in [4.78, 5) is 23.8. The molecule has 0 bridgehead atoms. The highest BCUT2D eigenvalue weighted by atomic mass is 16.6. The van der Waals surface area contributed by atoms with Crippen LogP contribution in [0.1, 0.15) is 18.1 Å². The van der Waals surface area contributed by atoms with Crippen LogP contribution in [-0.4, -0.2) is 32.2 Å². The van der Waals surface area contributed by atoms with Crippen LogP contribution in [0.2, 0.25) is 0 Å². The number of nitrogens with zero attached hydrogens (tertiary/aromatic N) is 1. The smallest absolute Gasteiger partial charge is 0.344 e. The lowest BCUT2D eigenvalue weighted by Gasteiger charge is -2.11. The maximum absolute atomic E-state index is 12.4. The maximum atomic E-state index is 12.4. The number of hydrogen-bond donors (Lipinski definition) is 1. The molecule has 0 radical (unpaired) electrons. The van der Waals surface area contributed by atoms with Gasteiger partial charge >= 0.3 is 5.97 Å². The number of amides is 1.